The number of aromatic carboxylic acids is 1. The summed E-state index contributed by atoms with van der Waals surface area (Å²) in [4.78, 5) is 38.4. The van der Waals surface area contributed by atoms with Crippen LogP contribution in [0.2, 0.25) is 0 Å². The number of carbonyl (C=O) groups is 3. The Balaban J connectivity index is 2.01. The molecule has 0 bridgehead atoms. The molecule has 0 spiro atoms. The minimum atomic E-state index is -1.09. The Morgan fingerprint density at radius 1 is 0.686 bits per heavy atom. The maximum Gasteiger partial charge on any atom is 0.336 e. The summed E-state index contributed by atoms with van der Waals surface area (Å²) in [5.41, 5.74) is 10.2. The van der Waals surface area contributed by atoms with E-state index in [2.05, 4.69) is 0 Å². The highest BCUT2D eigenvalue weighted by Crippen LogP contribution is 2.40. The maximum absolute atomic E-state index is 12.7. The van der Waals surface area contributed by atoms with Crippen molar-refractivity contribution in [2.45, 2.75) is 0 Å². The summed E-state index contributed by atoms with van der Waals surface area (Å²) in [5.74, 6) is -1.82. The monoisotopic (exact) mass is 464 g/mol. The first-order valence-corrected chi connectivity index (χ1v) is 11.0. The number of nitrogens with two attached hydrogens (primary N) is 1. The topological polar surface area (TPSA) is 101 Å². The van der Waals surface area contributed by atoms with E-state index in [1.807, 2.05) is 36.4 Å². The second kappa shape index (κ2) is 9.65. The van der Waals surface area contributed by atoms with Crippen molar-refractivity contribution >= 4 is 17.8 Å². The Morgan fingerprint density at radius 3 is 1.89 bits per heavy atom. The van der Waals surface area contributed by atoms with Crippen LogP contribution in [0.4, 0.5) is 0 Å². The van der Waals surface area contributed by atoms with E-state index in [4.69, 9.17) is 5.73 Å². The summed E-state index contributed by atoms with van der Waals surface area (Å²) in [6, 6.07) is 26.6. The van der Waals surface area contributed by atoms with E-state index in [1.54, 1.807) is 68.7 Å². The first kappa shape index (κ1) is 23.4. The number of primary amides is 1. The van der Waals surface area contributed by atoms with Crippen molar-refractivity contribution in [2.75, 3.05) is 14.1 Å². The minimum Gasteiger partial charge on any atom is -0.478 e. The average Bonchev–Trinajstić information content (AvgIpc) is 2.88. The third-order valence-corrected chi connectivity index (χ3v) is 5.79. The van der Waals surface area contributed by atoms with Gasteiger partial charge < -0.3 is 15.7 Å². The molecule has 0 saturated carbocycles. The van der Waals surface area contributed by atoms with Crippen molar-refractivity contribution in [3.05, 3.63) is 108 Å². The van der Waals surface area contributed by atoms with Gasteiger partial charge in [0, 0.05) is 30.8 Å². The predicted octanol–water partition coefficient (Wildman–Crippen LogP) is 5.19. The molecule has 4 rings (SSSR count). The first-order chi connectivity index (χ1) is 16.8. The zero-order chi connectivity index (χ0) is 25.1. The molecule has 4 aromatic rings. The van der Waals surface area contributed by atoms with E-state index >= 15 is 0 Å². The lowest BCUT2D eigenvalue weighted by atomic mass is 9.85. The molecular formula is C29H24N2O4. The van der Waals surface area contributed by atoms with E-state index in [9.17, 15) is 19.5 Å². The quantitative estimate of drug-likeness (QED) is 0.410. The van der Waals surface area contributed by atoms with E-state index in [0.717, 1.165) is 11.1 Å². The number of benzene rings is 4. The molecule has 0 saturated heterocycles. The van der Waals surface area contributed by atoms with Gasteiger partial charge in [-0.1, -0.05) is 66.7 Å². The third-order valence-electron chi connectivity index (χ3n) is 5.79. The van der Waals surface area contributed by atoms with Crippen molar-refractivity contribution < 1.29 is 19.5 Å². The van der Waals surface area contributed by atoms with Gasteiger partial charge in [-0.2, -0.15) is 0 Å². The Morgan fingerprint density at radius 2 is 1.29 bits per heavy atom. The maximum atomic E-state index is 12.7. The van der Waals surface area contributed by atoms with Gasteiger partial charge in [0.05, 0.1) is 5.56 Å². The largest absolute Gasteiger partial charge is 0.478 e. The predicted molar refractivity (Wildman–Crippen MR) is 136 cm³/mol. The van der Waals surface area contributed by atoms with E-state index in [1.165, 1.54) is 4.90 Å². The molecule has 0 aliphatic rings. The molecule has 0 aromatic heterocycles. The molecular weight excluding hydrogens is 440 g/mol. The van der Waals surface area contributed by atoms with Crippen LogP contribution in [0.5, 0.6) is 0 Å². The van der Waals surface area contributed by atoms with Crippen LogP contribution in [0, 0.1) is 0 Å². The molecule has 6 heteroatoms. The van der Waals surface area contributed by atoms with Gasteiger partial charge in [-0.25, -0.2) is 4.79 Å². The number of amides is 2. The second-order valence-electron chi connectivity index (χ2n) is 8.30. The van der Waals surface area contributed by atoms with Gasteiger partial charge in [0.25, 0.3) is 5.91 Å². The van der Waals surface area contributed by atoms with Crippen LogP contribution in [-0.4, -0.2) is 41.9 Å². The number of hydrogen-bond acceptors (Lipinski definition) is 3. The summed E-state index contributed by atoms with van der Waals surface area (Å²) in [6.45, 7) is 0. The fourth-order valence-electron chi connectivity index (χ4n) is 4.10. The van der Waals surface area contributed by atoms with Crippen LogP contribution < -0.4 is 5.73 Å². The van der Waals surface area contributed by atoms with E-state index in [-0.39, 0.29) is 17.0 Å². The smallest absolute Gasteiger partial charge is 0.336 e. The Hall–Kier alpha value is -4.71. The molecule has 0 unspecified atom stereocenters. The fourth-order valence-corrected chi connectivity index (χ4v) is 4.10. The molecule has 2 amide bonds. The number of nitrogens with zero attached hydrogens (tertiary/aromatic N) is 1. The molecule has 0 radical (unpaired) electrons. The van der Waals surface area contributed by atoms with Gasteiger partial charge in [0.15, 0.2) is 0 Å². The highest BCUT2D eigenvalue weighted by molar-refractivity contribution is 6.08. The summed E-state index contributed by atoms with van der Waals surface area (Å²) in [5, 5.41) is 10.4. The van der Waals surface area contributed by atoms with Crippen LogP contribution in [0.1, 0.15) is 31.1 Å². The van der Waals surface area contributed by atoms with Gasteiger partial charge in [-0.3, -0.25) is 9.59 Å². The second-order valence-corrected chi connectivity index (χ2v) is 8.30. The summed E-state index contributed by atoms with van der Waals surface area (Å²) in [7, 11) is 3.36. The Kier molecular flexibility index (Phi) is 6.46. The van der Waals surface area contributed by atoms with Crippen LogP contribution in [0.15, 0.2) is 91.0 Å². The van der Waals surface area contributed by atoms with Crippen LogP contribution in [0.3, 0.4) is 0 Å². The Bertz CT molecular complexity index is 1430. The number of hydrogen-bond donors (Lipinski definition) is 2. The van der Waals surface area contributed by atoms with Crippen LogP contribution >= 0.6 is 0 Å². The van der Waals surface area contributed by atoms with E-state index in [0.29, 0.717) is 27.8 Å². The molecule has 174 valence electrons. The van der Waals surface area contributed by atoms with Gasteiger partial charge in [0.2, 0.25) is 5.91 Å². The average molecular weight is 465 g/mol. The SMILES string of the molecule is CN(C)C(=O)c1ccc(-c2ccc(-c3ccccc3)c(C(=O)O)c2-c2cccc(C(N)=O)c2)cc1. The van der Waals surface area contributed by atoms with Crippen molar-refractivity contribution in [2.24, 2.45) is 5.73 Å². The normalized spacial score (nSPS) is 10.6. The lowest BCUT2D eigenvalue weighted by Gasteiger charge is -2.18. The highest BCUT2D eigenvalue weighted by Gasteiger charge is 2.23. The lowest BCUT2D eigenvalue weighted by Crippen LogP contribution is -2.21. The standard InChI is InChI=1S/C29H24N2O4/c1-31(2)28(33)20-13-11-19(12-14-20)23-15-16-24(18-7-4-3-5-8-18)26(29(34)35)25(23)21-9-6-10-22(17-21)27(30)32/h3-17H,1-2H3,(H2,30,32)(H,34,35). The summed E-state index contributed by atoms with van der Waals surface area (Å²) in [6.07, 6.45) is 0. The molecule has 0 aliphatic carbocycles. The number of carboxylic acids is 1. The van der Waals surface area contributed by atoms with Gasteiger partial charge in [-0.05, 0) is 52.1 Å². The molecule has 0 atom stereocenters. The molecule has 0 heterocycles. The molecule has 4 aromatic carbocycles. The zero-order valence-electron chi connectivity index (χ0n) is 19.4. The number of carbonyl (C=O) groups excluding carboxylic acids is 2. The van der Waals surface area contributed by atoms with Gasteiger partial charge in [0.1, 0.15) is 0 Å². The van der Waals surface area contributed by atoms with Crippen molar-refractivity contribution in [3.8, 4) is 33.4 Å². The van der Waals surface area contributed by atoms with Gasteiger partial charge >= 0.3 is 5.97 Å². The van der Waals surface area contributed by atoms with Crippen LogP contribution in [-0.2, 0) is 0 Å². The number of carboxylic acid groups (broad SMARTS) is 1. The molecule has 6 nitrogen and oxygen atoms in total. The first-order valence-electron chi connectivity index (χ1n) is 11.0. The molecule has 0 fully saturated rings. The Labute approximate surface area is 203 Å². The summed E-state index contributed by atoms with van der Waals surface area (Å²) < 4.78 is 0. The minimum absolute atomic E-state index is 0.115. The van der Waals surface area contributed by atoms with Crippen LogP contribution in [0.25, 0.3) is 33.4 Å². The van der Waals surface area contributed by atoms with E-state index < -0.39 is 11.9 Å². The van der Waals surface area contributed by atoms with Crippen molar-refractivity contribution in [3.63, 3.8) is 0 Å². The lowest BCUT2D eigenvalue weighted by molar-refractivity contribution is 0.0697. The zero-order valence-corrected chi connectivity index (χ0v) is 19.4. The third kappa shape index (κ3) is 4.68. The van der Waals surface area contributed by atoms with Crippen molar-refractivity contribution in [1.82, 2.24) is 4.90 Å². The van der Waals surface area contributed by atoms with Crippen molar-refractivity contribution in [1.29, 1.82) is 0 Å². The number of rotatable bonds is 6. The molecule has 0 aliphatic heterocycles. The fraction of sp³-hybridized carbons (Fsp3) is 0.0690. The highest BCUT2D eigenvalue weighted by atomic mass is 16.4. The molecule has 35 heavy (non-hydrogen) atoms. The molecule has 3 N–H and O–H groups in total. The summed E-state index contributed by atoms with van der Waals surface area (Å²) >= 11 is 0. The van der Waals surface area contributed by atoms with Gasteiger partial charge in [-0.15, -0.1) is 0 Å².